The summed E-state index contributed by atoms with van der Waals surface area (Å²) in [7, 11) is 1.41. The molecule has 0 radical (unpaired) electrons. The van der Waals surface area contributed by atoms with Crippen LogP contribution >= 0.6 is 11.6 Å². The van der Waals surface area contributed by atoms with Crippen LogP contribution < -0.4 is 10.5 Å². The molecule has 0 spiro atoms. The molecule has 0 heterocycles. The molecule has 1 aromatic rings. The number of hydrogen-bond acceptors (Lipinski definition) is 2. The molecule has 2 N–H and O–H groups in total. The SMILES string of the molecule is COc1ccc(N)c(F)c1Cl. The summed E-state index contributed by atoms with van der Waals surface area (Å²) in [5.41, 5.74) is 5.25. The lowest BCUT2D eigenvalue weighted by Gasteiger charge is -2.04. The van der Waals surface area contributed by atoms with Crippen LogP contribution in [0.1, 0.15) is 0 Å². The third kappa shape index (κ3) is 1.38. The Morgan fingerprint density at radius 1 is 1.55 bits per heavy atom. The quantitative estimate of drug-likeness (QED) is 0.664. The largest absolute Gasteiger partial charge is 0.495 e. The smallest absolute Gasteiger partial charge is 0.168 e. The van der Waals surface area contributed by atoms with Gasteiger partial charge in [-0.3, -0.25) is 0 Å². The molecular formula is C7H7ClFNO. The Morgan fingerprint density at radius 3 is 2.73 bits per heavy atom. The van der Waals surface area contributed by atoms with Gasteiger partial charge >= 0.3 is 0 Å². The number of nitrogen functional groups attached to an aromatic ring is 1. The molecule has 0 aliphatic carbocycles. The van der Waals surface area contributed by atoms with Crippen molar-refractivity contribution in [2.45, 2.75) is 0 Å². The highest BCUT2D eigenvalue weighted by Gasteiger charge is 2.08. The van der Waals surface area contributed by atoms with Crippen molar-refractivity contribution in [3.8, 4) is 5.75 Å². The molecule has 1 rings (SSSR count). The van der Waals surface area contributed by atoms with E-state index < -0.39 is 5.82 Å². The molecule has 60 valence electrons. The van der Waals surface area contributed by atoms with Crippen molar-refractivity contribution in [3.05, 3.63) is 23.0 Å². The molecule has 0 saturated carbocycles. The Balaban J connectivity index is 3.25. The summed E-state index contributed by atoms with van der Waals surface area (Å²) in [6.45, 7) is 0. The number of halogens is 2. The third-order valence-corrected chi connectivity index (χ3v) is 1.65. The van der Waals surface area contributed by atoms with E-state index >= 15 is 0 Å². The molecule has 0 saturated heterocycles. The van der Waals surface area contributed by atoms with Crippen LogP contribution in [0.4, 0.5) is 10.1 Å². The zero-order chi connectivity index (χ0) is 8.43. The first kappa shape index (κ1) is 8.14. The van der Waals surface area contributed by atoms with Crippen LogP contribution in [-0.2, 0) is 0 Å². The lowest BCUT2D eigenvalue weighted by Crippen LogP contribution is -1.93. The van der Waals surface area contributed by atoms with Crippen molar-refractivity contribution in [3.63, 3.8) is 0 Å². The van der Waals surface area contributed by atoms with Gasteiger partial charge in [0.1, 0.15) is 10.8 Å². The number of ether oxygens (including phenoxy) is 1. The van der Waals surface area contributed by atoms with E-state index in [9.17, 15) is 4.39 Å². The summed E-state index contributed by atoms with van der Waals surface area (Å²) in [5, 5.41) is -0.0764. The first-order valence-electron chi connectivity index (χ1n) is 2.94. The van der Waals surface area contributed by atoms with Crippen molar-refractivity contribution < 1.29 is 9.13 Å². The highest BCUT2D eigenvalue weighted by molar-refractivity contribution is 6.32. The molecule has 0 fully saturated rings. The van der Waals surface area contributed by atoms with E-state index in [2.05, 4.69) is 0 Å². The van der Waals surface area contributed by atoms with Crippen molar-refractivity contribution >= 4 is 17.3 Å². The van der Waals surface area contributed by atoms with Crippen LogP contribution in [0, 0.1) is 5.82 Å². The van der Waals surface area contributed by atoms with Crippen LogP contribution in [-0.4, -0.2) is 7.11 Å². The fourth-order valence-corrected chi connectivity index (χ4v) is 0.954. The molecular weight excluding hydrogens is 169 g/mol. The second-order valence-corrected chi connectivity index (χ2v) is 2.36. The zero-order valence-corrected chi connectivity index (χ0v) is 6.65. The number of benzene rings is 1. The lowest BCUT2D eigenvalue weighted by atomic mass is 10.3. The minimum absolute atomic E-state index is 0.0239. The number of hydrogen-bond donors (Lipinski definition) is 1. The van der Waals surface area contributed by atoms with Crippen LogP contribution in [0.2, 0.25) is 5.02 Å². The maximum Gasteiger partial charge on any atom is 0.168 e. The van der Waals surface area contributed by atoms with Crippen molar-refractivity contribution in [2.24, 2.45) is 0 Å². The number of anilines is 1. The summed E-state index contributed by atoms with van der Waals surface area (Å²) >= 11 is 5.52. The Kier molecular flexibility index (Phi) is 2.19. The number of methoxy groups -OCH3 is 1. The molecule has 4 heteroatoms. The van der Waals surface area contributed by atoms with Gasteiger partial charge in [0.25, 0.3) is 0 Å². The fourth-order valence-electron chi connectivity index (χ4n) is 0.704. The van der Waals surface area contributed by atoms with Gasteiger partial charge in [-0.15, -0.1) is 0 Å². The van der Waals surface area contributed by atoms with Gasteiger partial charge in [0.2, 0.25) is 0 Å². The predicted octanol–water partition coefficient (Wildman–Crippen LogP) is 2.07. The summed E-state index contributed by atoms with van der Waals surface area (Å²) in [4.78, 5) is 0. The van der Waals surface area contributed by atoms with E-state index in [1.807, 2.05) is 0 Å². The van der Waals surface area contributed by atoms with Crippen molar-refractivity contribution in [1.82, 2.24) is 0 Å². The van der Waals surface area contributed by atoms with Crippen LogP contribution in [0.5, 0.6) is 5.75 Å². The molecule has 0 bridgehead atoms. The molecule has 11 heavy (non-hydrogen) atoms. The van der Waals surface area contributed by atoms with Gasteiger partial charge in [-0.25, -0.2) is 4.39 Å². The Bertz CT molecular complexity index is 277. The summed E-state index contributed by atoms with van der Waals surface area (Å²) in [6, 6.07) is 2.92. The molecule has 0 aromatic heterocycles. The highest BCUT2D eigenvalue weighted by Crippen LogP contribution is 2.29. The molecule has 0 unspecified atom stereocenters. The molecule has 0 aliphatic rings. The minimum atomic E-state index is -0.633. The van der Waals surface area contributed by atoms with E-state index in [0.29, 0.717) is 5.75 Å². The second-order valence-electron chi connectivity index (χ2n) is 1.99. The lowest BCUT2D eigenvalue weighted by molar-refractivity contribution is 0.412. The van der Waals surface area contributed by atoms with E-state index in [1.165, 1.54) is 19.2 Å². The fraction of sp³-hybridized carbons (Fsp3) is 0.143. The third-order valence-electron chi connectivity index (χ3n) is 1.30. The average Bonchev–Trinajstić information content (AvgIpc) is 2.01. The van der Waals surface area contributed by atoms with Gasteiger partial charge in [-0.05, 0) is 12.1 Å². The van der Waals surface area contributed by atoms with Gasteiger partial charge in [0.15, 0.2) is 5.82 Å². The monoisotopic (exact) mass is 175 g/mol. The van der Waals surface area contributed by atoms with Gasteiger partial charge in [0.05, 0.1) is 12.8 Å². The molecule has 0 amide bonds. The van der Waals surface area contributed by atoms with Crippen LogP contribution in [0.25, 0.3) is 0 Å². The maximum atomic E-state index is 12.8. The highest BCUT2D eigenvalue weighted by atomic mass is 35.5. The Labute approximate surface area is 68.7 Å². The van der Waals surface area contributed by atoms with Gasteiger partial charge in [-0.2, -0.15) is 0 Å². The first-order valence-corrected chi connectivity index (χ1v) is 3.32. The first-order chi connectivity index (χ1) is 5.16. The van der Waals surface area contributed by atoms with Crippen molar-refractivity contribution in [1.29, 1.82) is 0 Å². The van der Waals surface area contributed by atoms with Gasteiger partial charge < -0.3 is 10.5 Å². The average molecular weight is 176 g/mol. The molecule has 0 aliphatic heterocycles. The summed E-state index contributed by atoms with van der Waals surface area (Å²) in [6.07, 6.45) is 0. The predicted molar refractivity (Wildman–Crippen MR) is 42.4 cm³/mol. The van der Waals surface area contributed by atoms with Crippen LogP contribution in [0.3, 0.4) is 0 Å². The number of rotatable bonds is 1. The topological polar surface area (TPSA) is 35.2 Å². The standard InChI is InChI=1S/C7H7ClFNO/c1-11-5-3-2-4(10)7(9)6(5)8/h2-3H,10H2,1H3. The maximum absolute atomic E-state index is 12.8. The molecule has 2 nitrogen and oxygen atoms in total. The number of nitrogens with two attached hydrogens (primary N) is 1. The summed E-state index contributed by atoms with van der Waals surface area (Å²) < 4.78 is 17.6. The van der Waals surface area contributed by atoms with Gasteiger partial charge in [0, 0.05) is 0 Å². The van der Waals surface area contributed by atoms with Gasteiger partial charge in [-0.1, -0.05) is 11.6 Å². The Morgan fingerprint density at radius 2 is 2.18 bits per heavy atom. The minimum Gasteiger partial charge on any atom is -0.495 e. The second kappa shape index (κ2) is 2.96. The van der Waals surface area contributed by atoms with E-state index in [1.54, 1.807) is 0 Å². The molecule has 0 atom stereocenters. The van der Waals surface area contributed by atoms with E-state index in [-0.39, 0.29) is 10.7 Å². The van der Waals surface area contributed by atoms with Crippen LogP contribution in [0.15, 0.2) is 12.1 Å². The normalized spacial score (nSPS) is 9.73. The zero-order valence-electron chi connectivity index (χ0n) is 5.90. The Hall–Kier alpha value is -0.960. The van der Waals surface area contributed by atoms with Crippen molar-refractivity contribution in [2.75, 3.05) is 12.8 Å². The van der Waals surface area contributed by atoms with E-state index in [4.69, 9.17) is 22.1 Å². The molecule has 1 aromatic carbocycles. The van der Waals surface area contributed by atoms with E-state index in [0.717, 1.165) is 0 Å². The summed E-state index contributed by atoms with van der Waals surface area (Å²) in [5.74, 6) is -0.343.